The molecule has 0 aliphatic carbocycles. The van der Waals surface area contributed by atoms with Crippen molar-refractivity contribution in [2.75, 3.05) is 18.8 Å². The molecule has 0 aromatic heterocycles. The molecule has 1 saturated heterocycles. The SMILES string of the molecule is Nc1cccc(C(=O)O)c1OC1CCNCC1. The zero-order valence-electron chi connectivity index (χ0n) is 9.48. The second kappa shape index (κ2) is 5.05. The van der Waals surface area contributed by atoms with Crippen LogP contribution in [0.15, 0.2) is 18.2 Å². The average Bonchev–Trinajstić information content (AvgIpc) is 2.33. The number of nitrogens with one attached hydrogen (secondary N) is 1. The Hall–Kier alpha value is -1.75. The van der Waals surface area contributed by atoms with Gasteiger partial charge in [0.15, 0.2) is 5.75 Å². The summed E-state index contributed by atoms with van der Waals surface area (Å²) >= 11 is 0. The highest BCUT2D eigenvalue weighted by Crippen LogP contribution is 2.28. The maximum Gasteiger partial charge on any atom is 0.339 e. The molecule has 1 aromatic carbocycles. The molecule has 0 amide bonds. The third kappa shape index (κ3) is 2.68. The minimum atomic E-state index is -1.01. The smallest absolute Gasteiger partial charge is 0.339 e. The highest BCUT2D eigenvalue weighted by Gasteiger charge is 2.20. The summed E-state index contributed by atoms with van der Waals surface area (Å²) in [5.74, 6) is -0.715. The molecule has 0 spiro atoms. The van der Waals surface area contributed by atoms with E-state index in [1.807, 2.05) is 0 Å². The Balaban J connectivity index is 2.21. The van der Waals surface area contributed by atoms with Gasteiger partial charge in [0.2, 0.25) is 0 Å². The summed E-state index contributed by atoms with van der Waals surface area (Å²) in [6, 6.07) is 4.78. The number of rotatable bonds is 3. The van der Waals surface area contributed by atoms with Gasteiger partial charge in [0, 0.05) is 0 Å². The molecule has 92 valence electrons. The van der Waals surface area contributed by atoms with Crippen molar-refractivity contribution < 1.29 is 14.6 Å². The first-order valence-electron chi connectivity index (χ1n) is 5.67. The van der Waals surface area contributed by atoms with Crippen LogP contribution in [0.25, 0.3) is 0 Å². The highest BCUT2D eigenvalue weighted by molar-refractivity contribution is 5.93. The lowest BCUT2D eigenvalue weighted by Gasteiger charge is -2.25. The summed E-state index contributed by atoms with van der Waals surface area (Å²) in [4.78, 5) is 11.1. The number of ether oxygens (including phenoxy) is 1. The number of hydrogen-bond donors (Lipinski definition) is 3. The van der Waals surface area contributed by atoms with Gasteiger partial charge in [0.1, 0.15) is 11.7 Å². The van der Waals surface area contributed by atoms with Crippen LogP contribution in [0.2, 0.25) is 0 Å². The fourth-order valence-electron chi connectivity index (χ4n) is 1.93. The summed E-state index contributed by atoms with van der Waals surface area (Å²) < 4.78 is 5.73. The van der Waals surface area contributed by atoms with Crippen molar-refractivity contribution in [2.45, 2.75) is 18.9 Å². The number of aromatic carboxylic acids is 1. The maximum atomic E-state index is 11.1. The van der Waals surface area contributed by atoms with E-state index in [0.29, 0.717) is 11.4 Å². The Bertz CT molecular complexity index is 414. The lowest BCUT2D eigenvalue weighted by atomic mass is 10.1. The van der Waals surface area contributed by atoms with Crippen molar-refractivity contribution in [1.29, 1.82) is 0 Å². The van der Waals surface area contributed by atoms with E-state index in [1.54, 1.807) is 12.1 Å². The van der Waals surface area contributed by atoms with Crippen LogP contribution < -0.4 is 15.8 Å². The molecule has 0 unspecified atom stereocenters. The summed E-state index contributed by atoms with van der Waals surface area (Å²) in [5.41, 5.74) is 6.28. The zero-order chi connectivity index (χ0) is 12.3. The maximum absolute atomic E-state index is 11.1. The van der Waals surface area contributed by atoms with Gasteiger partial charge in [-0.3, -0.25) is 0 Å². The Morgan fingerprint density at radius 1 is 1.41 bits per heavy atom. The van der Waals surface area contributed by atoms with Crippen LogP contribution >= 0.6 is 0 Å². The Kier molecular flexibility index (Phi) is 3.49. The van der Waals surface area contributed by atoms with Gasteiger partial charge in [-0.25, -0.2) is 4.79 Å². The third-order valence-electron chi connectivity index (χ3n) is 2.85. The minimum absolute atomic E-state index is 0.0408. The van der Waals surface area contributed by atoms with Crippen molar-refractivity contribution in [1.82, 2.24) is 5.32 Å². The van der Waals surface area contributed by atoms with Gasteiger partial charge in [-0.05, 0) is 38.1 Å². The molecule has 1 aliphatic rings. The quantitative estimate of drug-likeness (QED) is 0.684. The number of para-hydroxylation sites is 1. The van der Waals surface area contributed by atoms with E-state index < -0.39 is 5.97 Å². The first-order valence-corrected chi connectivity index (χ1v) is 5.67. The normalized spacial score (nSPS) is 16.7. The number of carbonyl (C=O) groups is 1. The molecule has 0 atom stereocenters. The summed E-state index contributed by atoms with van der Waals surface area (Å²) in [6.07, 6.45) is 1.78. The summed E-state index contributed by atoms with van der Waals surface area (Å²) in [5, 5.41) is 12.3. The van der Waals surface area contributed by atoms with E-state index in [9.17, 15) is 4.79 Å². The molecule has 2 rings (SSSR count). The van der Waals surface area contributed by atoms with E-state index >= 15 is 0 Å². The lowest BCUT2D eigenvalue weighted by molar-refractivity contribution is 0.0687. The van der Waals surface area contributed by atoms with Crippen molar-refractivity contribution in [3.05, 3.63) is 23.8 Å². The Labute approximate surface area is 99.6 Å². The van der Waals surface area contributed by atoms with Crippen LogP contribution in [0.1, 0.15) is 23.2 Å². The van der Waals surface area contributed by atoms with Gasteiger partial charge in [-0.15, -0.1) is 0 Å². The van der Waals surface area contributed by atoms with E-state index in [4.69, 9.17) is 15.6 Å². The van der Waals surface area contributed by atoms with Crippen LogP contribution in [0.5, 0.6) is 5.75 Å². The second-order valence-corrected chi connectivity index (χ2v) is 4.10. The van der Waals surface area contributed by atoms with E-state index in [2.05, 4.69) is 5.32 Å². The van der Waals surface area contributed by atoms with Gasteiger partial charge in [-0.2, -0.15) is 0 Å². The molecule has 0 radical (unpaired) electrons. The topological polar surface area (TPSA) is 84.6 Å². The van der Waals surface area contributed by atoms with Gasteiger partial charge >= 0.3 is 5.97 Å². The van der Waals surface area contributed by atoms with Gasteiger partial charge < -0.3 is 20.9 Å². The van der Waals surface area contributed by atoms with Crippen molar-refractivity contribution in [3.63, 3.8) is 0 Å². The largest absolute Gasteiger partial charge is 0.487 e. The lowest BCUT2D eigenvalue weighted by Crippen LogP contribution is -2.34. The number of nitrogen functional groups attached to an aromatic ring is 1. The monoisotopic (exact) mass is 236 g/mol. The zero-order valence-corrected chi connectivity index (χ0v) is 9.48. The number of benzene rings is 1. The molecule has 0 bridgehead atoms. The number of carboxylic acid groups (broad SMARTS) is 1. The summed E-state index contributed by atoms with van der Waals surface area (Å²) in [7, 11) is 0. The predicted molar refractivity (Wildman–Crippen MR) is 64.3 cm³/mol. The molecule has 4 N–H and O–H groups in total. The van der Waals surface area contributed by atoms with Gasteiger partial charge in [0.25, 0.3) is 0 Å². The molecular weight excluding hydrogens is 220 g/mol. The van der Waals surface area contributed by atoms with Crippen molar-refractivity contribution in [2.24, 2.45) is 0 Å². The predicted octanol–water partition coefficient (Wildman–Crippen LogP) is 1.10. The van der Waals surface area contributed by atoms with Crippen LogP contribution in [-0.2, 0) is 0 Å². The highest BCUT2D eigenvalue weighted by atomic mass is 16.5. The van der Waals surface area contributed by atoms with Gasteiger partial charge in [0.05, 0.1) is 5.69 Å². The first kappa shape index (κ1) is 11.7. The minimum Gasteiger partial charge on any atom is -0.487 e. The van der Waals surface area contributed by atoms with Crippen LogP contribution in [0.4, 0.5) is 5.69 Å². The van der Waals surface area contributed by atoms with E-state index in [1.165, 1.54) is 6.07 Å². The molecule has 0 saturated carbocycles. The fraction of sp³-hybridized carbons (Fsp3) is 0.417. The number of hydrogen-bond acceptors (Lipinski definition) is 4. The van der Waals surface area contributed by atoms with Crippen molar-refractivity contribution >= 4 is 11.7 Å². The summed E-state index contributed by atoms with van der Waals surface area (Å²) in [6.45, 7) is 1.78. The number of nitrogens with two attached hydrogens (primary N) is 1. The Morgan fingerprint density at radius 3 is 2.76 bits per heavy atom. The van der Waals surface area contributed by atoms with Crippen molar-refractivity contribution in [3.8, 4) is 5.75 Å². The second-order valence-electron chi connectivity index (χ2n) is 4.10. The molecule has 17 heavy (non-hydrogen) atoms. The van der Waals surface area contributed by atoms with Crippen LogP contribution in [0.3, 0.4) is 0 Å². The van der Waals surface area contributed by atoms with Crippen LogP contribution in [0, 0.1) is 0 Å². The molecule has 5 heteroatoms. The van der Waals surface area contributed by atoms with E-state index in [-0.39, 0.29) is 11.7 Å². The molecule has 1 fully saturated rings. The Morgan fingerprint density at radius 2 is 2.12 bits per heavy atom. The number of carboxylic acids is 1. The standard InChI is InChI=1S/C12H16N2O3/c13-10-3-1-2-9(12(15)16)11(10)17-8-4-6-14-7-5-8/h1-3,8,14H,4-7,13H2,(H,15,16). The molecule has 1 heterocycles. The van der Waals surface area contributed by atoms with E-state index in [0.717, 1.165) is 25.9 Å². The third-order valence-corrected chi connectivity index (χ3v) is 2.85. The van der Waals surface area contributed by atoms with Crippen LogP contribution in [-0.4, -0.2) is 30.3 Å². The number of anilines is 1. The van der Waals surface area contributed by atoms with Gasteiger partial charge in [-0.1, -0.05) is 6.07 Å². The first-order chi connectivity index (χ1) is 8.18. The number of piperidine rings is 1. The average molecular weight is 236 g/mol. The molecule has 1 aliphatic heterocycles. The molecule has 5 nitrogen and oxygen atoms in total. The molecular formula is C12H16N2O3. The molecule has 1 aromatic rings. The fourth-order valence-corrected chi connectivity index (χ4v) is 1.93.